The Morgan fingerprint density at radius 2 is 1.65 bits per heavy atom. The Labute approximate surface area is 187 Å². The van der Waals surface area contributed by atoms with Crippen LogP contribution < -0.4 is 9.47 Å². The van der Waals surface area contributed by atoms with Gasteiger partial charge in [-0.2, -0.15) is 0 Å². The van der Waals surface area contributed by atoms with E-state index in [1.54, 1.807) is 18.3 Å². The van der Waals surface area contributed by atoms with Crippen LogP contribution in [0.2, 0.25) is 0 Å². The lowest BCUT2D eigenvalue weighted by molar-refractivity contribution is 0.0734. The number of carbonyl (C=O) groups is 1. The van der Waals surface area contributed by atoms with Gasteiger partial charge in [0.05, 0.1) is 18.4 Å². The van der Waals surface area contributed by atoms with E-state index in [9.17, 15) is 4.79 Å². The molecule has 4 heteroatoms. The molecule has 1 fully saturated rings. The molecule has 3 rings (SSSR count). The summed E-state index contributed by atoms with van der Waals surface area (Å²) in [7, 11) is 0. The number of hydrogen-bond donors (Lipinski definition) is 0. The lowest BCUT2D eigenvalue weighted by Crippen LogP contribution is -2.14. The molecule has 0 radical (unpaired) electrons. The lowest BCUT2D eigenvalue weighted by atomic mass is 9.79. The summed E-state index contributed by atoms with van der Waals surface area (Å²) in [4.78, 5) is 16.9. The number of carbonyl (C=O) groups excluding carboxylic acids is 1. The quantitative estimate of drug-likeness (QED) is 0.288. The Balaban J connectivity index is 1.42. The first-order valence-corrected chi connectivity index (χ1v) is 12.1. The van der Waals surface area contributed by atoms with Crippen LogP contribution in [0.1, 0.15) is 87.7 Å². The summed E-state index contributed by atoms with van der Waals surface area (Å²) >= 11 is 0. The van der Waals surface area contributed by atoms with Gasteiger partial charge in [-0.05, 0) is 67.5 Å². The molecule has 0 aliphatic heterocycles. The van der Waals surface area contributed by atoms with Crippen LogP contribution in [0.4, 0.5) is 0 Å². The fourth-order valence-corrected chi connectivity index (χ4v) is 4.29. The standard InChI is InChI=1S/C27H37NO3/c1-3-5-6-19-30-25-16-12-23(13-17-25)27(29)31-26-18-15-24(28-20-26)14-11-22-9-7-21(4-2)8-10-22/h12-13,15-18,20-22H,3-11,14,19H2,1-2H3/t21-,22-. The molecular weight excluding hydrogens is 386 g/mol. The van der Waals surface area contributed by atoms with Gasteiger partial charge < -0.3 is 9.47 Å². The van der Waals surface area contributed by atoms with Crippen molar-refractivity contribution >= 4 is 5.97 Å². The molecule has 0 amide bonds. The van der Waals surface area contributed by atoms with E-state index >= 15 is 0 Å². The minimum Gasteiger partial charge on any atom is -0.494 e. The van der Waals surface area contributed by atoms with Crippen LogP contribution in [0, 0.1) is 11.8 Å². The molecule has 1 saturated carbocycles. The molecule has 168 valence electrons. The summed E-state index contributed by atoms with van der Waals surface area (Å²) in [5.74, 6) is 2.66. The summed E-state index contributed by atoms with van der Waals surface area (Å²) in [6, 6.07) is 10.9. The average Bonchev–Trinajstić information content (AvgIpc) is 2.82. The number of aromatic nitrogens is 1. The van der Waals surface area contributed by atoms with Crippen LogP contribution in [0.5, 0.6) is 11.5 Å². The summed E-state index contributed by atoms with van der Waals surface area (Å²) < 4.78 is 11.2. The highest BCUT2D eigenvalue weighted by molar-refractivity contribution is 5.91. The summed E-state index contributed by atoms with van der Waals surface area (Å²) in [6.45, 7) is 5.18. The molecule has 4 nitrogen and oxygen atoms in total. The Morgan fingerprint density at radius 3 is 2.29 bits per heavy atom. The van der Waals surface area contributed by atoms with Crippen LogP contribution in [0.25, 0.3) is 0 Å². The maximum Gasteiger partial charge on any atom is 0.343 e. The number of rotatable bonds is 11. The van der Waals surface area contributed by atoms with Crippen LogP contribution >= 0.6 is 0 Å². The molecular formula is C27H37NO3. The third-order valence-electron chi connectivity index (χ3n) is 6.47. The van der Waals surface area contributed by atoms with Gasteiger partial charge in [0, 0.05) is 5.69 Å². The molecule has 2 aromatic rings. The maximum atomic E-state index is 12.4. The van der Waals surface area contributed by atoms with Gasteiger partial charge in [0.1, 0.15) is 11.5 Å². The fourth-order valence-electron chi connectivity index (χ4n) is 4.29. The van der Waals surface area contributed by atoms with E-state index in [1.165, 1.54) is 44.9 Å². The lowest BCUT2D eigenvalue weighted by Gasteiger charge is -2.27. The molecule has 0 spiro atoms. The zero-order valence-corrected chi connectivity index (χ0v) is 19.1. The molecule has 0 saturated heterocycles. The van der Waals surface area contributed by atoms with Gasteiger partial charge in [-0.25, -0.2) is 4.79 Å². The van der Waals surface area contributed by atoms with E-state index in [0.717, 1.165) is 42.5 Å². The van der Waals surface area contributed by atoms with E-state index in [4.69, 9.17) is 9.47 Å². The Bertz CT molecular complexity index is 777. The number of nitrogens with zero attached hydrogens (tertiary/aromatic N) is 1. The molecule has 0 N–H and O–H groups in total. The number of hydrogen-bond acceptors (Lipinski definition) is 4. The molecule has 0 atom stereocenters. The SMILES string of the molecule is CCCCCOc1ccc(C(=O)Oc2ccc(CC[C@H]3CC[C@H](CC)CC3)nc2)cc1. The van der Waals surface area contributed by atoms with Crippen LogP contribution in [-0.2, 0) is 6.42 Å². The Kier molecular flexibility index (Phi) is 9.39. The van der Waals surface area contributed by atoms with Gasteiger partial charge in [-0.3, -0.25) is 4.98 Å². The molecule has 1 heterocycles. The molecule has 1 aliphatic rings. The van der Waals surface area contributed by atoms with Crippen molar-refractivity contribution in [3.8, 4) is 11.5 Å². The van der Waals surface area contributed by atoms with Crippen LogP contribution in [0.3, 0.4) is 0 Å². The van der Waals surface area contributed by atoms with Crippen molar-refractivity contribution in [3.63, 3.8) is 0 Å². The van der Waals surface area contributed by atoms with E-state index in [2.05, 4.69) is 18.8 Å². The number of esters is 1. The minimum absolute atomic E-state index is 0.375. The van der Waals surface area contributed by atoms with Crippen LogP contribution in [-0.4, -0.2) is 17.6 Å². The third kappa shape index (κ3) is 7.68. The maximum absolute atomic E-state index is 12.4. The first-order valence-electron chi connectivity index (χ1n) is 12.1. The van der Waals surface area contributed by atoms with Gasteiger partial charge in [0.15, 0.2) is 0 Å². The highest BCUT2D eigenvalue weighted by Gasteiger charge is 2.19. The molecule has 31 heavy (non-hydrogen) atoms. The van der Waals surface area contributed by atoms with Gasteiger partial charge in [0.2, 0.25) is 0 Å². The minimum atomic E-state index is -0.375. The average molecular weight is 424 g/mol. The fraction of sp³-hybridized carbons (Fsp3) is 0.556. The monoisotopic (exact) mass is 423 g/mol. The summed E-state index contributed by atoms with van der Waals surface area (Å²) in [6.07, 6.45) is 14.0. The highest BCUT2D eigenvalue weighted by Crippen LogP contribution is 2.33. The zero-order chi connectivity index (χ0) is 21.9. The number of benzene rings is 1. The van der Waals surface area contributed by atoms with Crippen molar-refractivity contribution in [2.45, 2.75) is 78.1 Å². The number of aryl methyl sites for hydroxylation is 1. The predicted molar refractivity (Wildman–Crippen MR) is 125 cm³/mol. The van der Waals surface area contributed by atoms with Crippen LogP contribution in [0.15, 0.2) is 42.6 Å². The summed E-state index contributed by atoms with van der Waals surface area (Å²) in [5, 5.41) is 0. The number of pyridine rings is 1. The first kappa shape index (κ1) is 23.3. The molecule has 1 aliphatic carbocycles. The normalized spacial score (nSPS) is 18.5. The molecule has 0 bridgehead atoms. The predicted octanol–water partition coefficient (Wildman–Crippen LogP) is 7.02. The third-order valence-corrected chi connectivity index (χ3v) is 6.47. The van der Waals surface area contributed by atoms with Gasteiger partial charge in [0.25, 0.3) is 0 Å². The second kappa shape index (κ2) is 12.5. The van der Waals surface area contributed by atoms with Gasteiger partial charge in [-0.15, -0.1) is 0 Å². The van der Waals surface area contributed by atoms with Crippen molar-refractivity contribution in [3.05, 3.63) is 53.9 Å². The van der Waals surface area contributed by atoms with Gasteiger partial charge in [-0.1, -0.05) is 58.8 Å². The topological polar surface area (TPSA) is 48.4 Å². The Hall–Kier alpha value is -2.36. The van der Waals surface area contributed by atoms with Crippen molar-refractivity contribution in [1.29, 1.82) is 0 Å². The zero-order valence-electron chi connectivity index (χ0n) is 19.1. The molecule has 1 aromatic carbocycles. The largest absolute Gasteiger partial charge is 0.494 e. The Morgan fingerprint density at radius 1 is 0.935 bits per heavy atom. The highest BCUT2D eigenvalue weighted by atomic mass is 16.5. The first-order chi connectivity index (χ1) is 15.2. The van der Waals surface area contributed by atoms with E-state index in [1.807, 2.05) is 24.3 Å². The van der Waals surface area contributed by atoms with E-state index in [-0.39, 0.29) is 5.97 Å². The number of unbranched alkanes of at least 4 members (excludes halogenated alkanes) is 2. The molecule has 1 aromatic heterocycles. The van der Waals surface area contributed by atoms with E-state index < -0.39 is 0 Å². The van der Waals surface area contributed by atoms with Crippen molar-refractivity contribution in [2.24, 2.45) is 11.8 Å². The van der Waals surface area contributed by atoms with Crippen molar-refractivity contribution < 1.29 is 14.3 Å². The molecule has 0 unspecified atom stereocenters. The van der Waals surface area contributed by atoms with Gasteiger partial charge >= 0.3 is 5.97 Å². The smallest absolute Gasteiger partial charge is 0.343 e. The van der Waals surface area contributed by atoms with Crippen molar-refractivity contribution in [1.82, 2.24) is 4.98 Å². The second-order valence-electron chi connectivity index (χ2n) is 8.79. The summed E-state index contributed by atoms with van der Waals surface area (Å²) in [5.41, 5.74) is 1.58. The van der Waals surface area contributed by atoms with Crippen molar-refractivity contribution in [2.75, 3.05) is 6.61 Å². The number of ether oxygens (including phenoxy) is 2. The second-order valence-corrected chi connectivity index (χ2v) is 8.79. The van der Waals surface area contributed by atoms with E-state index in [0.29, 0.717) is 17.9 Å².